The summed E-state index contributed by atoms with van der Waals surface area (Å²) < 4.78 is 5.61. The summed E-state index contributed by atoms with van der Waals surface area (Å²) in [7, 11) is -2.14. The average molecular weight is 277 g/mol. The normalized spacial score (nSPS) is 13.1. The van der Waals surface area contributed by atoms with Crippen LogP contribution in [-0.4, -0.2) is 42.8 Å². The molecule has 0 heterocycles. The van der Waals surface area contributed by atoms with Gasteiger partial charge < -0.3 is 14.7 Å². The molecule has 0 amide bonds. The Bertz CT molecular complexity index is 168. The highest BCUT2D eigenvalue weighted by molar-refractivity contribution is 6.73. The fourth-order valence-electron chi connectivity index (χ4n) is 1.38. The van der Waals surface area contributed by atoms with Crippen LogP contribution in [0.5, 0.6) is 0 Å². The maximum atomic E-state index is 5.61. The van der Waals surface area contributed by atoms with Crippen LogP contribution in [0.1, 0.15) is 12.8 Å². The minimum absolute atomic E-state index is 0.893. The molecule has 0 atom stereocenters. The van der Waals surface area contributed by atoms with Crippen molar-refractivity contribution < 1.29 is 4.74 Å². The smallest absolute Gasteiger partial charge is 0.116 e. The van der Waals surface area contributed by atoms with Crippen LogP contribution in [-0.2, 0) is 4.74 Å². The Morgan fingerprint density at radius 2 is 1.06 bits per heavy atom. The van der Waals surface area contributed by atoms with Gasteiger partial charge in [-0.05, 0) is 25.9 Å². The third kappa shape index (κ3) is 16.3. The van der Waals surface area contributed by atoms with Crippen molar-refractivity contribution in [2.24, 2.45) is 0 Å². The Balaban J connectivity index is 3.15. The summed E-state index contributed by atoms with van der Waals surface area (Å²) >= 11 is 0. The van der Waals surface area contributed by atoms with Gasteiger partial charge in [0.15, 0.2) is 0 Å². The Labute approximate surface area is 110 Å². The lowest BCUT2D eigenvalue weighted by Gasteiger charge is -2.18. The first-order chi connectivity index (χ1) is 7.71. The topological polar surface area (TPSA) is 33.3 Å². The van der Waals surface area contributed by atoms with E-state index in [-0.39, 0.29) is 0 Å². The van der Waals surface area contributed by atoms with E-state index in [0.29, 0.717) is 0 Å². The second-order valence-corrected chi connectivity index (χ2v) is 16.4. The van der Waals surface area contributed by atoms with Gasteiger partial charge in [0.1, 0.15) is 16.5 Å². The molecule has 0 radical (unpaired) electrons. The number of ether oxygens (including phenoxy) is 1. The number of hydrogen-bond donors (Lipinski definition) is 2. The fraction of sp³-hybridized carbons (Fsp3) is 1.00. The summed E-state index contributed by atoms with van der Waals surface area (Å²) in [5, 5.41) is 0. The van der Waals surface area contributed by atoms with E-state index in [1.807, 2.05) is 0 Å². The molecule has 104 valence electrons. The van der Waals surface area contributed by atoms with E-state index in [4.69, 9.17) is 4.74 Å². The Hall–Kier alpha value is 0.314. The summed E-state index contributed by atoms with van der Waals surface area (Å²) in [4.78, 5) is 7.19. The van der Waals surface area contributed by atoms with Crippen LogP contribution in [0.3, 0.4) is 0 Å². The maximum Gasteiger partial charge on any atom is 0.116 e. The zero-order valence-electron chi connectivity index (χ0n) is 12.7. The molecule has 0 bridgehead atoms. The van der Waals surface area contributed by atoms with Crippen molar-refractivity contribution in [2.45, 2.75) is 52.1 Å². The van der Waals surface area contributed by atoms with Crippen molar-refractivity contribution in [2.75, 3.05) is 26.3 Å². The fourth-order valence-corrected chi connectivity index (χ4v) is 3.23. The highest BCUT2D eigenvalue weighted by atomic mass is 28.3. The molecule has 2 N–H and O–H groups in total. The van der Waals surface area contributed by atoms with E-state index in [9.17, 15) is 0 Å². The summed E-state index contributed by atoms with van der Waals surface area (Å²) in [6.07, 6.45) is 2.26. The minimum atomic E-state index is -1.07. The van der Waals surface area contributed by atoms with E-state index in [2.05, 4.69) is 49.2 Å². The lowest BCUT2D eigenvalue weighted by molar-refractivity contribution is 0.131. The van der Waals surface area contributed by atoms with Gasteiger partial charge in [0, 0.05) is 13.2 Å². The molecule has 0 aromatic rings. The van der Waals surface area contributed by atoms with Crippen molar-refractivity contribution in [1.29, 1.82) is 0 Å². The quantitative estimate of drug-likeness (QED) is 0.475. The minimum Gasteiger partial charge on any atom is -0.381 e. The summed E-state index contributed by atoms with van der Waals surface area (Å²) in [6.45, 7) is 18.0. The van der Waals surface area contributed by atoms with Crippen molar-refractivity contribution >= 4 is 16.5 Å². The zero-order chi connectivity index (χ0) is 13.4. The number of hydrogen-bond acceptors (Lipinski definition) is 3. The zero-order valence-corrected chi connectivity index (χ0v) is 14.7. The predicted octanol–water partition coefficient (Wildman–Crippen LogP) is 2.63. The van der Waals surface area contributed by atoms with E-state index < -0.39 is 16.5 Å². The lowest BCUT2D eigenvalue weighted by atomic mass is 10.4. The van der Waals surface area contributed by atoms with Gasteiger partial charge in [0.25, 0.3) is 0 Å². The molecule has 0 saturated carbocycles. The molecular weight excluding hydrogens is 244 g/mol. The summed E-state index contributed by atoms with van der Waals surface area (Å²) in [5.74, 6) is 0. The molecular formula is C12H32N2OSi2. The number of rotatable bonds is 10. The van der Waals surface area contributed by atoms with Gasteiger partial charge in [0.2, 0.25) is 0 Å². The van der Waals surface area contributed by atoms with Crippen LogP contribution in [0.4, 0.5) is 0 Å². The lowest BCUT2D eigenvalue weighted by Crippen LogP contribution is -2.42. The largest absolute Gasteiger partial charge is 0.381 e. The third-order valence-corrected chi connectivity index (χ3v) is 4.86. The first-order valence-corrected chi connectivity index (χ1v) is 13.8. The van der Waals surface area contributed by atoms with Crippen LogP contribution in [0, 0.1) is 0 Å². The van der Waals surface area contributed by atoms with Gasteiger partial charge in [0.05, 0.1) is 0 Å². The van der Waals surface area contributed by atoms with Crippen molar-refractivity contribution in [3.63, 3.8) is 0 Å². The summed E-state index contributed by atoms with van der Waals surface area (Å²) in [6, 6.07) is 0. The molecule has 3 nitrogen and oxygen atoms in total. The molecule has 0 aliphatic heterocycles. The second-order valence-electron chi connectivity index (χ2n) is 6.67. The second kappa shape index (κ2) is 8.42. The van der Waals surface area contributed by atoms with E-state index >= 15 is 0 Å². The monoisotopic (exact) mass is 276 g/mol. The van der Waals surface area contributed by atoms with Gasteiger partial charge in [-0.25, -0.2) is 0 Å². The molecule has 0 aliphatic rings. The number of nitrogens with one attached hydrogen (secondary N) is 2. The van der Waals surface area contributed by atoms with Gasteiger partial charge in [-0.3, -0.25) is 0 Å². The van der Waals surface area contributed by atoms with Crippen molar-refractivity contribution in [3.8, 4) is 0 Å². The Kier molecular flexibility index (Phi) is 8.58. The third-order valence-electron chi connectivity index (χ3n) is 2.24. The van der Waals surface area contributed by atoms with Crippen LogP contribution < -0.4 is 9.96 Å². The first kappa shape index (κ1) is 17.3. The van der Waals surface area contributed by atoms with E-state index in [1.54, 1.807) is 0 Å². The van der Waals surface area contributed by atoms with Crippen LogP contribution in [0.2, 0.25) is 39.3 Å². The molecule has 0 aromatic carbocycles. The Morgan fingerprint density at radius 1 is 0.706 bits per heavy atom. The highest BCUT2D eigenvalue weighted by Gasteiger charge is 2.11. The standard InChI is InChI=1S/C12H32N2OSi2/c1-16(2,3)13-9-7-11-15-12-8-10-14-17(4,5)6/h13-14H,7-12H2,1-6H3. The van der Waals surface area contributed by atoms with Crippen LogP contribution in [0.25, 0.3) is 0 Å². The van der Waals surface area contributed by atoms with Crippen LogP contribution in [0.15, 0.2) is 0 Å². The molecule has 17 heavy (non-hydrogen) atoms. The van der Waals surface area contributed by atoms with Gasteiger partial charge in [-0.15, -0.1) is 0 Å². The first-order valence-electron chi connectivity index (χ1n) is 6.78. The van der Waals surface area contributed by atoms with Gasteiger partial charge in [-0.2, -0.15) is 0 Å². The van der Waals surface area contributed by atoms with E-state index in [0.717, 1.165) is 39.1 Å². The van der Waals surface area contributed by atoms with E-state index in [1.165, 1.54) is 0 Å². The van der Waals surface area contributed by atoms with Crippen molar-refractivity contribution in [1.82, 2.24) is 9.96 Å². The molecule has 0 saturated heterocycles. The average Bonchev–Trinajstić information content (AvgIpc) is 2.11. The molecule has 0 fully saturated rings. The SMILES string of the molecule is C[Si](C)(C)NCCCOCCCN[Si](C)(C)C. The molecule has 0 spiro atoms. The van der Waals surface area contributed by atoms with Gasteiger partial charge in [-0.1, -0.05) is 39.3 Å². The highest BCUT2D eigenvalue weighted by Crippen LogP contribution is 1.95. The van der Waals surface area contributed by atoms with Crippen LogP contribution >= 0.6 is 0 Å². The van der Waals surface area contributed by atoms with Crippen molar-refractivity contribution in [3.05, 3.63) is 0 Å². The molecule has 0 unspecified atom stereocenters. The molecule has 0 aliphatic carbocycles. The summed E-state index contributed by atoms with van der Waals surface area (Å²) in [5.41, 5.74) is 0. The van der Waals surface area contributed by atoms with Gasteiger partial charge >= 0.3 is 0 Å². The predicted molar refractivity (Wildman–Crippen MR) is 82.8 cm³/mol. The molecule has 0 aromatic heterocycles. The molecule has 5 heteroatoms. The Morgan fingerprint density at radius 3 is 1.35 bits per heavy atom. The molecule has 0 rings (SSSR count). The maximum absolute atomic E-state index is 5.61.